The lowest BCUT2D eigenvalue weighted by atomic mass is 9.78. The summed E-state index contributed by atoms with van der Waals surface area (Å²) in [5, 5.41) is 30.4. The van der Waals surface area contributed by atoms with Gasteiger partial charge in [-0.1, -0.05) is 41.5 Å². The molecule has 13 heteroatoms. The molecule has 2 atom stereocenters. The molecule has 45 heavy (non-hydrogen) atoms. The third-order valence-electron chi connectivity index (χ3n) is 8.65. The summed E-state index contributed by atoms with van der Waals surface area (Å²) in [5.41, 5.74) is -1.30. The van der Waals surface area contributed by atoms with Gasteiger partial charge in [0.25, 0.3) is 0 Å². The summed E-state index contributed by atoms with van der Waals surface area (Å²) in [6.07, 6.45) is 4.60. The molecule has 0 radical (unpaired) electrons. The summed E-state index contributed by atoms with van der Waals surface area (Å²) in [6, 6.07) is -2.17. The molecule has 0 aromatic rings. The third-order valence-corrected chi connectivity index (χ3v) is 9.72. The highest BCUT2D eigenvalue weighted by molar-refractivity contribution is 7.99. The molecule has 0 unspecified atom stereocenters. The van der Waals surface area contributed by atoms with Crippen LogP contribution in [-0.4, -0.2) is 95.8 Å². The van der Waals surface area contributed by atoms with Crippen LogP contribution in [0.15, 0.2) is 0 Å². The van der Waals surface area contributed by atoms with Crippen LogP contribution in [0.4, 0.5) is 0 Å². The first-order valence-electron chi connectivity index (χ1n) is 16.4. The first kappa shape index (κ1) is 42.8. The molecule has 12 nitrogen and oxygen atoms in total. The minimum Gasteiger partial charge on any atom is -0.480 e. The largest absolute Gasteiger partial charge is 0.480 e. The van der Waals surface area contributed by atoms with Crippen LogP contribution in [-0.2, 0) is 28.7 Å². The molecular formula is C32H60N4O8S. The Kier molecular flexibility index (Phi) is 22.0. The molecule has 0 aliphatic heterocycles. The molecule has 0 heterocycles. The highest BCUT2D eigenvalue weighted by Crippen LogP contribution is 2.33. The lowest BCUT2D eigenvalue weighted by Gasteiger charge is -2.36. The molecule has 0 bridgehead atoms. The topological polar surface area (TPSA) is 183 Å². The van der Waals surface area contributed by atoms with Gasteiger partial charge in [0, 0.05) is 37.6 Å². The maximum atomic E-state index is 13.5. The van der Waals surface area contributed by atoms with E-state index in [1.165, 1.54) is 11.8 Å². The smallest absolute Gasteiger partial charge is 0.326 e. The number of ether oxygens (including phenoxy) is 1. The molecular weight excluding hydrogens is 600 g/mol. The fourth-order valence-corrected chi connectivity index (χ4v) is 5.83. The van der Waals surface area contributed by atoms with Gasteiger partial charge < -0.3 is 30.9 Å². The SMILES string of the molecule is CCC(CC)(CCNC(=O)CCC(C)C)OCCC(CC)(CC)C(=O)N[C@@H](CCC(=O)CN[C@@H](CSCNC)C(=O)O)C(=O)O. The number of hydrogen-bond donors (Lipinski definition) is 6. The van der Waals surface area contributed by atoms with Crippen molar-refractivity contribution in [1.29, 1.82) is 0 Å². The first-order valence-corrected chi connectivity index (χ1v) is 17.5. The van der Waals surface area contributed by atoms with E-state index in [1.807, 2.05) is 27.7 Å². The Hall–Kier alpha value is -2.22. The number of amides is 2. The molecule has 0 aromatic carbocycles. The number of carboxylic acid groups (broad SMARTS) is 2. The van der Waals surface area contributed by atoms with E-state index in [0.717, 1.165) is 19.3 Å². The zero-order chi connectivity index (χ0) is 34.5. The number of carboxylic acids is 2. The van der Waals surface area contributed by atoms with E-state index in [0.29, 0.717) is 57.1 Å². The van der Waals surface area contributed by atoms with Crippen LogP contribution in [0.5, 0.6) is 0 Å². The van der Waals surface area contributed by atoms with Crippen LogP contribution in [0.3, 0.4) is 0 Å². The summed E-state index contributed by atoms with van der Waals surface area (Å²) in [4.78, 5) is 61.6. The van der Waals surface area contributed by atoms with Crippen LogP contribution >= 0.6 is 11.8 Å². The van der Waals surface area contributed by atoms with Crippen LogP contribution in [0.2, 0.25) is 0 Å². The third kappa shape index (κ3) is 16.8. The van der Waals surface area contributed by atoms with Crippen molar-refractivity contribution in [3.8, 4) is 0 Å². The number of carbonyl (C=O) groups excluding carboxylic acids is 3. The minimum atomic E-state index is -1.26. The summed E-state index contributed by atoms with van der Waals surface area (Å²) in [6.45, 7) is 12.6. The molecule has 6 N–H and O–H groups in total. The summed E-state index contributed by atoms with van der Waals surface area (Å²) >= 11 is 1.38. The zero-order valence-corrected chi connectivity index (χ0v) is 29.4. The Balaban J connectivity index is 5.15. The molecule has 0 saturated carbocycles. The molecule has 0 rings (SSSR count). The standard InChI is InChI=1S/C32H60N4O8S/c1-8-31(9-2,17-19-44-32(10-3,11-4)16-18-34-27(38)15-12-23(5)6)30(43)36-25(28(39)40)14-13-24(37)20-35-26(29(41)42)21-45-22-33-7/h23,25-26,33,35H,8-22H2,1-7H3,(H,34,38)(H,36,43)(H,39,40)(H,41,42)/t25-,26-/m0/s1. The van der Waals surface area contributed by atoms with Gasteiger partial charge in [-0.05, 0) is 64.3 Å². The number of thioether (sulfide) groups is 1. The van der Waals surface area contributed by atoms with Crippen molar-refractivity contribution >= 4 is 41.3 Å². The molecule has 0 aromatic heterocycles. The molecule has 0 aliphatic rings. The summed E-state index contributed by atoms with van der Waals surface area (Å²) < 4.78 is 6.40. The van der Waals surface area contributed by atoms with Gasteiger partial charge in [0.1, 0.15) is 17.9 Å². The number of carbonyl (C=O) groups is 5. The molecule has 0 spiro atoms. The van der Waals surface area contributed by atoms with Gasteiger partial charge in [-0.15, -0.1) is 11.8 Å². The monoisotopic (exact) mass is 660 g/mol. The zero-order valence-electron chi connectivity index (χ0n) is 28.6. The van der Waals surface area contributed by atoms with E-state index < -0.39 is 40.9 Å². The Morgan fingerprint density at radius 1 is 0.844 bits per heavy atom. The van der Waals surface area contributed by atoms with E-state index >= 15 is 0 Å². The maximum Gasteiger partial charge on any atom is 0.326 e. The summed E-state index contributed by atoms with van der Waals surface area (Å²) in [7, 11) is 1.75. The predicted octanol–water partition coefficient (Wildman–Crippen LogP) is 3.57. The van der Waals surface area contributed by atoms with Crippen molar-refractivity contribution in [3.05, 3.63) is 0 Å². The second-order valence-electron chi connectivity index (χ2n) is 12.1. The van der Waals surface area contributed by atoms with Gasteiger partial charge in [0.15, 0.2) is 0 Å². The fourth-order valence-electron chi connectivity index (χ4n) is 5.01. The molecule has 2 amide bonds. The first-order chi connectivity index (χ1) is 21.2. The van der Waals surface area contributed by atoms with E-state index in [1.54, 1.807) is 7.05 Å². The van der Waals surface area contributed by atoms with Crippen LogP contribution in [0.25, 0.3) is 0 Å². The van der Waals surface area contributed by atoms with E-state index in [2.05, 4.69) is 35.1 Å². The normalized spacial score (nSPS) is 13.3. The van der Waals surface area contributed by atoms with Crippen molar-refractivity contribution in [2.45, 2.75) is 123 Å². The van der Waals surface area contributed by atoms with Crippen molar-refractivity contribution in [2.75, 3.05) is 38.4 Å². The quantitative estimate of drug-likeness (QED) is 0.0533. The number of ketones is 1. The number of nitrogens with one attached hydrogen (secondary N) is 4. The number of hydrogen-bond acceptors (Lipinski definition) is 9. The lowest BCUT2D eigenvalue weighted by Crippen LogP contribution is -2.49. The van der Waals surface area contributed by atoms with E-state index in [9.17, 15) is 34.2 Å². The average molecular weight is 661 g/mol. The van der Waals surface area contributed by atoms with Crippen LogP contribution < -0.4 is 21.3 Å². The lowest BCUT2D eigenvalue weighted by molar-refractivity contribution is -0.145. The van der Waals surface area contributed by atoms with Gasteiger partial charge >= 0.3 is 11.9 Å². The van der Waals surface area contributed by atoms with Crippen molar-refractivity contribution < 1.29 is 38.9 Å². The Morgan fingerprint density at radius 2 is 1.47 bits per heavy atom. The highest BCUT2D eigenvalue weighted by atomic mass is 32.2. The second kappa shape index (κ2) is 23.2. The predicted molar refractivity (Wildman–Crippen MR) is 178 cm³/mol. The molecule has 0 fully saturated rings. The van der Waals surface area contributed by atoms with Gasteiger partial charge in [-0.25, -0.2) is 4.79 Å². The van der Waals surface area contributed by atoms with Gasteiger partial charge in [0.05, 0.1) is 17.6 Å². The van der Waals surface area contributed by atoms with Crippen molar-refractivity contribution in [2.24, 2.45) is 11.3 Å². The Labute approximate surface area is 274 Å². The number of rotatable bonds is 28. The fraction of sp³-hybridized carbons (Fsp3) is 0.844. The minimum absolute atomic E-state index is 0.0344. The number of aliphatic carboxylic acids is 2. The van der Waals surface area contributed by atoms with Crippen molar-refractivity contribution in [3.63, 3.8) is 0 Å². The molecule has 0 aliphatic carbocycles. The van der Waals surface area contributed by atoms with Crippen LogP contribution in [0.1, 0.15) is 106 Å². The molecule has 262 valence electrons. The highest BCUT2D eigenvalue weighted by Gasteiger charge is 2.38. The molecule has 0 saturated heterocycles. The van der Waals surface area contributed by atoms with Gasteiger partial charge in [-0.3, -0.25) is 24.5 Å². The van der Waals surface area contributed by atoms with Gasteiger partial charge in [-0.2, -0.15) is 0 Å². The average Bonchev–Trinajstić information content (AvgIpc) is 3.00. The van der Waals surface area contributed by atoms with Crippen molar-refractivity contribution in [1.82, 2.24) is 21.3 Å². The Morgan fingerprint density at radius 3 is 1.98 bits per heavy atom. The summed E-state index contributed by atoms with van der Waals surface area (Å²) in [5.74, 6) is -1.70. The van der Waals surface area contributed by atoms with E-state index in [4.69, 9.17) is 4.74 Å². The Bertz CT molecular complexity index is 910. The van der Waals surface area contributed by atoms with Crippen LogP contribution in [0, 0.1) is 11.3 Å². The number of Topliss-reactive ketones (excluding diaryl/α,β-unsaturated/α-hetero) is 1. The van der Waals surface area contributed by atoms with Gasteiger partial charge in [0.2, 0.25) is 11.8 Å². The van der Waals surface area contributed by atoms with E-state index in [-0.39, 0.29) is 36.8 Å². The second-order valence-corrected chi connectivity index (χ2v) is 13.1. The maximum absolute atomic E-state index is 13.5.